The van der Waals surface area contributed by atoms with Crippen molar-refractivity contribution in [1.82, 2.24) is 10.3 Å². The number of nitrogens with one attached hydrogen (secondary N) is 2. The average Bonchev–Trinajstić information content (AvgIpc) is 3.24. The molecule has 24 heavy (non-hydrogen) atoms. The zero-order chi connectivity index (χ0) is 16.9. The minimum atomic E-state index is -0.187. The highest BCUT2D eigenvalue weighted by Crippen LogP contribution is 2.15. The van der Waals surface area contributed by atoms with Crippen LogP contribution in [-0.2, 0) is 6.54 Å². The molecule has 2 N–H and O–H groups in total. The van der Waals surface area contributed by atoms with Crippen molar-refractivity contribution in [3.63, 3.8) is 0 Å². The number of aromatic nitrogens is 1. The molecule has 0 aliphatic rings. The molecule has 0 aliphatic carbocycles. The normalized spacial score (nSPS) is 10.4. The minimum absolute atomic E-state index is 0.178. The molecule has 0 atom stereocenters. The van der Waals surface area contributed by atoms with Crippen molar-refractivity contribution in [2.24, 2.45) is 0 Å². The number of nitrogens with zero attached hydrogens (tertiary/aromatic N) is 1. The molecule has 7 heteroatoms. The van der Waals surface area contributed by atoms with Crippen LogP contribution in [0.5, 0.6) is 0 Å². The van der Waals surface area contributed by atoms with Crippen molar-refractivity contribution in [3.8, 4) is 0 Å². The lowest BCUT2D eigenvalue weighted by Gasteiger charge is -2.07. The van der Waals surface area contributed by atoms with Gasteiger partial charge < -0.3 is 10.6 Å². The van der Waals surface area contributed by atoms with Gasteiger partial charge in [-0.2, -0.15) is 0 Å². The van der Waals surface area contributed by atoms with Gasteiger partial charge in [-0.15, -0.1) is 22.7 Å². The van der Waals surface area contributed by atoms with Gasteiger partial charge in [-0.3, -0.25) is 9.59 Å². The van der Waals surface area contributed by atoms with Crippen LogP contribution in [0.4, 0.5) is 5.69 Å². The molecule has 0 spiro atoms. The van der Waals surface area contributed by atoms with E-state index in [0.717, 1.165) is 9.88 Å². The Morgan fingerprint density at radius 3 is 2.75 bits per heavy atom. The monoisotopic (exact) mass is 357 g/mol. The summed E-state index contributed by atoms with van der Waals surface area (Å²) < 4.78 is 0. The third-order valence-electron chi connectivity index (χ3n) is 3.22. The van der Waals surface area contributed by atoms with Crippen LogP contribution in [0.1, 0.15) is 29.9 Å². The van der Waals surface area contributed by atoms with Gasteiger partial charge in [0.2, 0.25) is 0 Å². The first kappa shape index (κ1) is 16.4. The number of carbonyl (C=O) groups is 2. The molecule has 0 saturated carbocycles. The van der Waals surface area contributed by atoms with Gasteiger partial charge in [0.05, 0.1) is 16.4 Å². The van der Waals surface area contributed by atoms with Crippen molar-refractivity contribution in [1.29, 1.82) is 0 Å². The van der Waals surface area contributed by atoms with E-state index >= 15 is 0 Å². The largest absolute Gasteiger partial charge is 0.347 e. The topological polar surface area (TPSA) is 71.1 Å². The molecule has 0 unspecified atom stereocenters. The Balaban J connectivity index is 1.63. The lowest BCUT2D eigenvalue weighted by Crippen LogP contribution is -2.22. The molecule has 2 heterocycles. The number of thiophene rings is 1. The number of hydrogen-bond acceptors (Lipinski definition) is 5. The highest BCUT2D eigenvalue weighted by atomic mass is 32.1. The standard InChI is InChI=1S/C17H15N3O2S2/c1-11-18-9-14(24-11)10-19-16(21)12-4-2-5-13(8-12)20-17(22)15-6-3-7-23-15/h2-9H,10H2,1H3,(H,19,21)(H,20,22). The lowest BCUT2D eigenvalue weighted by molar-refractivity contribution is 0.0950. The molecule has 0 fully saturated rings. The fourth-order valence-electron chi connectivity index (χ4n) is 2.10. The maximum atomic E-state index is 12.3. The second-order valence-electron chi connectivity index (χ2n) is 5.04. The summed E-state index contributed by atoms with van der Waals surface area (Å²) in [6, 6.07) is 10.5. The van der Waals surface area contributed by atoms with Crippen molar-refractivity contribution in [2.75, 3.05) is 5.32 Å². The first-order valence-electron chi connectivity index (χ1n) is 7.26. The Bertz CT molecular complexity index is 856. The second kappa shape index (κ2) is 7.37. The van der Waals surface area contributed by atoms with Gasteiger partial charge in [-0.25, -0.2) is 4.98 Å². The summed E-state index contributed by atoms with van der Waals surface area (Å²) in [6.07, 6.45) is 1.76. The summed E-state index contributed by atoms with van der Waals surface area (Å²) in [5.74, 6) is -0.365. The predicted octanol–water partition coefficient (Wildman–Crippen LogP) is 3.70. The third-order valence-corrected chi connectivity index (χ3v) is 5.00. The number of amides is 2. The van der Waals surface area contributed by atoms with E-state index in [9.17, 15) is 9.59 Å². The zero-order valence-corrected chi connectivity index (χ0v) is 14.5. The van der Waals surface area contributed by atoms with E-state index in [1.165, 1.54) is 11.3 Å². The number of carbonyl (C=O) groups excluding carboxylic acids is 2. The van der Waals surface area contributed by atoms with Crippen LogP contribution < -0.4 is 10.6 Å². The first-order chi connectivity index (χ1) is 11.6. The minimum Gasteiger partial charge on any atom is -0.347 e. The summed E-state index contributed by atoms with van der Waals surface area (Å²) >= 11 is 2.93. The van der Waals surface area contributed by atoms with Gasteiger partial charge in [-0.1, -0.05) is 12.1 Å². The van der Waals surface area contributed by atoms with E-state index in [1.807, 2.05) is 18.4 Å². The van der Waals surface area contributed by atoms with Crippen molar-refractivity contribution >= 4 is 40.2 Å². The molecule has 0 radical (unpaired) electrons. The molecular weight excluding hydrogens is 342 g/mol. The number of rotatable bonds is 5. The van der Waals surface area contributed by atoms with Crippen molar-refractivity contribution < 1.29 is 9.59 Å². The Morgan fingerprint density at radius 1 is 1.17 bits per heavy atom. The Hall–Kier alpha value is -2.51. The van der Waals surface area contributed by atoms with Crippen LogP contribution in [0.25, 0.3) is 0 Å². The molecule has 122 valence electrons. The van der Waals surface area contributed by atoms with Gasteiger partial charge in [0.15, 0.2) is 0 Å². The quantitative estimate of drug-likeness (QED) is 0.731. The summed E-state index contributed by atoms with van der Waals surface area (Å²) in [6.45, 7) is 2.37. The molecule has 0 saturated heterocycles. The van der Waals surface area contributed by atoms with Crippen LogP contribution >= 0.6 is 22.7 Å². The van der Waals surface area contributed by atoms with Crippen LogP contribution in [0.2, 0.25) is 0 Å². The fourth-order valence-corrected chi connectivity index (χ4v) is 3.45. The Labute approximate surface area is 147 Å². The maximum Gasteiger partial charge on any atom is 0.265 e. The first-order valence-corrected chi connectivity index (χ1v) is 8.96. The molecule has 0 bridgehead atoms. The molecule has 2 aromatic heterocycles. The van der Waals surface area contributed by atoms with Crippen molar-refractivity contribution in [2.45, 2.75) is 13.5 Å². The van der Waals surface area contributed by atoms with Gasteiger partial charge in [0.1, 0.15) is 0 Å². The highest BCUT2D eigenvalue weighted by molar-refractivity contribution is 7.12. The second-order valence-corrected chi connectivity index (χ2v) is 7.31. The predicted molar refractivity (Wildman–Crippen MR) is 96.7 cm³/mol. The van der Waals surface area contributed by atoms with E-state index < -0.39 is 0 Å². The maximum absolute atomic E-state index is 12.3. The Kier molecular flexibility index (Phi) is 5.02. The molecule has 0 aliphatic heterocycles. The van der Waals surface area contributed by atoms with E-state index in [2.05, 4.69) is 15.6 Å². The van der Waals surface area contributed by atoms with Gasteiger partial charge in [0.25, 0.3) is 11.8 Å². The molecule has 1 aromatic carbocycles. The van der Waals surface area contributed by atoms with E-state index in [0.29, 0.717) is 22.7 Å². The smallest absolute Gasteiger partial charge is 0.265 e. The molecule has 5 nitrogen and oxygen atoms in total. The summed E-state index contributed by atoms with van der Waals surface area (Å²) in [7, 11) is 0. The summed E-state index contributed by atoms with van der Waals surface area (Å²) in [5, 5.41) is 8.47. The van der Waals surface area contributed by atoms with Gasteiger partial charge >= 0.3 is 0 Å². The molecule has 3 rings (SSSR count). The zero-order valence-electron chi connectivity index (χ0n) is 12.9. The SMILES string of the molecule is Cc1ncc(CNC(=O)c2cccc(NC(=O)c3cccs3)c2)s1. The number of aryl methyl sites for hydroxylation is 1. The van der Waals surface area contributed by atoms with E-state index in [4.69, 9.17) is 0 Å². The van der Waals surface area contributed by atoms with Crippen LogP contribution in [-0.4, -0.2) is 16.8 Å². The Morgan fingerprint density at radius 2 is 2.04 bits per heavy atom. The number of hydrogen-bond donors (Lipinski definition) is 2. The number of thiazole rings is 1. The van der Waals surface area contributed by atoms with E-state index in [-0.39, 0.29) is 11.8 Å². The van der Waals surface area contributed by atoms with Crippen LogP contribution in [0.3, 0.4) is 0 Å². The third kappa shape index (κ3) is 4.06. The van der Waals surface area contributed by atoms with E-state index in [1.54, 1.807) is 47.9 Å². The number of benzene rings is 1. The molecule has 2 amide bonds. The summed E-state index contributed by atoms with van der Waals surface area (Å²) in [4.78, 5) is 30.1. The fraction of sp³-hybridized carbons (Fsp3) is 0.118. The lowest BCUT2D eigenvalue weighted by atomic mass is 10.2. The van der Waals surface area contributed by atoms with Crippen LogP contribution in [0.15, 0.2) is 48.0 Å². The average molecular weight is 357 g/mol. The van der Waals surface area contributed by atoms with Crippen molar-refractivity contribution in [3.05, 3.63) is 68.3 Å². The molecular formula is C17H15N3O2S2. The number of anilines is 1. The van der Waals surface area contributed by atoms with Gasteiger partial charge in [-0.05, 0) is 36.6 Å². The van der Waals surface area contributed by atoms with Gasteiger partial charge in [0, 0.05) is 22.3 Å². The molecule has 3 aromatic rings. The van der Waals surface area contributed by atoms with Crippen LogP contribution in [0, 0.1) is 6.92 Å². The highest BCUT2D eigenvalue weighted by Gasteiger charge is 2.10. The summed E-state index contributed by atoms with van der Waals surface area (Å²) in [5.41, 5.74) is 1.09.